The number of benzene rings is 3. The number of carbonyl (C=O) groups excluding carboxylic acids is 1. The van der Waals surface area contributed by atoms with Crippen LogP contribution in [-0.2, 0) is 14.8 Å². The van der Waals surface area contributed by atoms with E-state index in [1.54, 1.807) is 0 Å². The summed E-state index contributed by atoms with van der Waals surface area (Å²) in [6, 6.07) is 18.0. The van der Waals surface area contributed by atoms with E-state index in [1.165, 1.54) is 29.6 Å². The quantitative estimate of drug-likeness (QED) is 0.617. The zero-order valence-corrected chi connectivity index (χ0v) is 18.9. The van der Waals surface area contributed by atoms with Gasteiger partial charge in [-0.05, 0) is 41.5 Å². The highest BCUT2D eigenvalue weighted by Gasteiger charge is 2.28. The van der Waals surface area contributed by atoms with Crippen LogP contribution in [0, 0.1) is 0 Å². The molecule has 0 aromatic heterocycles. The second kappa shape index (κ2) is 9.28. The lowest BCUT2D eigenvalue weighted by Gasteiger charge is -2.26. The number of amides is 1. The van der Waals surface area contributed by atoms with Crippen molar-refractivity contribution in [2.45, 2.75) is 17.9 Å². The average molecular weight is 455 g/mol. The molecule has 1 aliphatic rings. The maximum absolute atomic E-state index is 13.2. The van der Waals surface area contributed by atoms with Crippen molar-refractivity contribution in [1.29, 1.82) is 0 Å². The van der Waals surface area contributed by atoms with Gasteiger partial charge in [0.15, 0.2) is 0 Å². The molecule has 3 aromatic carbocycles. The number of hydrogen-bond donors (Lipinski definition) is 1. The van der Waals surface area contributed by atoms with Crippen LogP contribution < -0.4 is 10.1 Å². The zero-order valence-electron chi connectivity index (χ0n) is 18.1. The summed E-state index contributed by atoms with van der Waals surface area (Å²) in [6.07, 6.45) is 0. The Kier molecular flexibility index (Phi) is 6.45. The maximum atomic E-state index is 13.2. The lowest BCUT2D eigenvalue weighted by atomic mass is 9.99. The van der Waals surface area contributed by atoms with Gasteiger partial charge in [-0.3, -0.25) is 4.79 Å². The molecule has 1 unspecified atom stereocenters. The molecule has 168 valence electrons. The largest absolute Gasteiger partial charge is 0.496 e. The molecule has 1 atom stereocenters. The molecule has 1 heterocycles. The molecule has 0 spiro atoms. The monoisotopic (exact) mass is 454 g/mol. The van der Waals surface area contributed by atoms with E-state index in [2.05, 4.69) is 5.32 Å². The molecule has 4 rings (SSSR count). The van der Waals surface area contributed by atoms with Crippen molar-refractivity contribution in [3.05, 3.63) is 71.8 Å². The molecule has 0 saturated carbocycles. The van der Waals surface area contributed by atoms with Gasteiger partial charge in [-0.25, -0.2) is 8.42 Å². The number of fused-ring (bicyclic) bond motifs is 1. The van der Waals surface area contributed by atoms with Gasteiger partial charge in [-0.2, -0.15) is 4.31 Å². The Morgan fingerprint density at radius 2 is 1.78 bits per heavy atom. The highest BCUT2D eigenvalue weighted by atomic mass is 32.2. The second-order valence-corrected chi connectivity index (χ2v) is 9.58. The number of sulfonamides is 1. The van der Waals surface area contributed by atoms with E-state index in [1.807, 2.05) is 49.4 Å². The molecule has 32 heavy (non-hydrogen) atoms. The molecule has 7 nitrogen and oxygen atoms in total. The summed E-state index contributed by atoms with van der Waals surface area (Å²) in [5, 5.41) is 5.13. The van der Waals surface area contributed by atoms with E-state index in [0.29, 0.717) is 19.0 Å². The van der Waals surface area contributed by atoms with Gasteiger partial charge in [0.2, 0.25) is 10.0 Å². The van der Waals surface area contributed by atoms with Crippen LogP contribution in [0.2, 0.25) is 0 Å². The summed E-state index contributed by atoms with van der Waals surface area (Å²) in [5.41, 5.74) is 1.15. The fourth-order valence-electron chi connectivity index (χ4n) is 3.94. The van der Waals surface area contributed by atoms with Crippen molar-refractivity contribution in [2.24, 2.45) is 0 Å². The Bertz CT molecular complexity index is 1230. The lowest BCUT2D eigenvalue weighted by Crippen LogP contribution is -2.40. The minimum Gasteiger partial charge on any atom is -0.496 e. The summed E-state index contributed by atoms with van der Waals surface area (Å²) in [4.78, 5) is 13.2. The van der Waals surface area contributed by atoms with Crippen LogP contribution in [0.15, 0.2) is 65.6 Å². The third-order valence-corrected chi connectivity index (χ3v) is 7.56. The van der Waals surface area contributed by atoms with E-state index >= 15 is 0 Å². The topological polar surface area (TPSA) is 84.9 Å². The predicted octanol–water partition coefficient (Wildman–Crippen LogP) is 3.36. The first-order valence-electron chi connectivity index (χ1n) is 10.5. The van der Waals surface area contributed by atoms with Crippen molar-refractivity contribution in [1.82, 2.24) is 9.62 Å². The summed E-state index contributed by atoms with van der Waals surface area (Å²) in [7, 11) is -2.28. The Hall–Kier alpha value is -2.94. The van der Waals surface area contributed by atoms with E-state index in [-0.39, 0.29) is 29.6 Å². The van der Waals surface area contributed by atoms with Gasteiger partial charge >= 0.3 is 0 Å². The van der Waals surface area contributed by atoms with Crippen molar-refractivity contribution < 1.29 is 22.7 Å². The van der Waals surface area contributed by atoms with Crippen LogP contribution in [0.25, 0.3) is 10.8 Å². The lowest BCUT2D eigenvalue weighted by molar-refractivity contribution is 0.0730. The van der Waals surface area contributed by atoms with Crippen LogP contribution in [0.1, 0.15) is 28.9 Å². The molecule has 3 aromatic rings. The number of rotatable bonds is 6. The standard InChI is InChI=1S/C24H26N2O5S/c1-17(20-9-5-7-18-6-3-4-8-21(18)20)25-24(27)22-16-19(10-11-23(22)30-2)32(28,29)26-12-14-31-15-13-26/h3-11,16-17H,12-15H2,1-2H3,(H,25,27). The van der Waals surface area contributed by atoms with Gasteiger partial charge in [0.1, 0.15) is 5.75 Å². The SMILES string of the molecule is COc1ccc(S(=O)(=O)N2CCOCC2)cc1C(=O)NC(C)c1cccc2ccccc12. The Morgan fingerprint density at radius 1 is 1.06 bits per heavy atom. The van der Waals surface area contributed by atoms with Gasteiger partial charge in [-0.1, -0.05) is 42.5 Å². The van der Waals surface area contributed by atoms with E-state index in [0.717, 1.165) is 16.3 Å². The molecule has 1 saturated heterocycles. The molecule has 1 N–H and O–H groups in total. The normalized spacial score (nSPS) is 15.9. The number of morpholine rings is 1. The van der Waals surface area contributed by atoms with E-state index < -0.39 is 15.9 Å². The predicted molar refractivity (Wildman–Crippen MR) is 122 cm³/mol. The van der Waals surface area contributed by atoms with Crippen molar-refractivity contribution in [3.8, 4) is 5.75 Å². The molecule has 0 radical (unpaired) electrons. The van der Waals surface area contributed by atoms with Crippen LogP contribution in [0.4, 0.5) is 0 Å². The van der Waals surface area contributed by atoms with Crippen LogP contribution in [0.3, 0.4) is 0 Å². The first-order valence-corrected chi connectivity index (χ1v) is 11.9. The summed E-state index contributed by atoms with van der Waals surface area (Å²) in [6.45, 7) is 3.18. The molecule has 8 heteroatoms. The number of carbonyl (C=O) groups is 1. The molecular weight excluding hydrogens is 428 g/mol. The average Bonchev–Trinajstić information content (AvgIpc) is 2.83. The summed E-state index contributed by atoms with van der Waals surface area (Å²) < 4.78 is 38.1. The van der Waals surface area contributed by atoms with E-state index in [9.17, 15) is 13.2 Å². The van der Waals surface area contributed by atoms with Gasteiger partial charge < -0.3 is 14.8 Å². The van der Waals surface area contributed by atoms with E-state index in [4.69, 9.17) is 9.47 Å². The Morgan fingerprint density at radius 3 is 2.53 bits per heavy atom. The van der Waals surface area contributed by atoms with Crippen molar-refractivity contribution in [3.63, 3.8) is 0 Å². The maximum Gasteiger partial charge on any atom is 0.255 e. The highest BCUT2D eigenvalue weighted by molar-refractivity contribution is 7.89. The molecular formula is C24H26N2O5S. The molecule has 1 aliphatic heterocycles. The Labute approximate surface area is 188 Å². The minimum atomic E-state index is -3.73. The first kappa shape index (κ1) is 22.3. The number of ether oxygens (including phenoxy) is 2. The number of nitrogens with zero attached hydrogens (tertiary/aromatic N) is 1. The zero-order chi connectivity index (χ0) is 22.7. The van der Waals surface area contributed by atoms with Gasteiger partial charge in [0.25, 0.3) is 5.91 Å². The van der Waals surface area contributed by atoms with Gasteiger partial charge in [-0.15, -0.1) is 0 Å². The number of nitrogens with one attached hydrogen (secondary N) is 1. The fraction of sp³-hybridized carbons (Fsp3) is 0.292. The second-order valence-electron chi connectivity index (χ2n) is 7.64. The van der Waals surface area contributed by atoms with Crippen LogP contribution in [-0.4, -0.2) is 52.0 Å². The van der Waals surface area contributed by atoms with Crippen molar-refractivity contribution >= 4 is 26.7 Å². The first-order chi connectivity index (χ1) is 15.4. The molecule has 1 fully saturated rings. The smallest absolute Gasteiger partial charge is 0.255 e. The minimum absolute atomic E-state index is 0.0585. The Balaban J connectivity index is 1.63. The number of hydrogen-bond acceptors (Lipinski definition) is 5. The summed E-state index contributed by atoms with van der Waals surface area (Å²) >= 11 is 0. The highest BCUT2D eigenvalue weighted by Crippen LogP contribution is 2.28. The van der Waals surface area contributed by atoms with Crippen LogP contribution >= 0.6 is 0 Å². The van der Waals surface area contributed by atoms with Crippen molar-refractivity contribution in [2.75, 3.05) is 33.4 Å². The third-order valence-electron chi connectivity index (χ3n) is 5.66. The van der Waals surface area contributed by atoms with Crippen LogP contribution in [0.5, 0.6) is 5.75 Å². The third kappa shape index (κ3) is 4.34. The van der Waals surface area contributed by atoms with Gasteiger partial charge in [0, 0.05) is 13.1 Å². The fourth-order valence-corrected chi connectivity index (χ4v) is 5.38. The van der Waals surface area contributed by atoms with Gasteiger partial charge in [0.05, 0.1) is 36.8 Å². The molecule has 0 aliphatic carbocycles. The summed E-state index contributed by atoms with van der Waals surface area (Å²) in [5.74, 6) is -0.0881. The molecule has 1 amide bonds. The number of methoxy groups -OCH3 is 1. The molecule has 0 bridgehead atoms.